The van der Waals surface area contributed by atoms with E-state index in [2.05, 4.69) is 5.32 Å². The second-order valence-corrected chi connectivity index (χ2v) is 7.11. The summed E-state index contributed by atoms with van der Waals surface area (Å²) in [6.07, 6.45) is 1.49. The Kier molecular flexibility index (Phi) is 6.41. The van der Waals surface area contributed by atoms with Gasteiger partial charge in [-0.05, 0) is 39.5 Å². The molecule has 3 N–H and O–H groups in total. The van der Waals surface area contributed by atoms with E-state index in [0.29, 0.717) is 19.4 Å². The number of carbonyl (C=O) groups is 3. The van der Waals surface area contributed by atoms with Crippen LogP contribution < -0.4 is 11.1 Å². The Balaban J connectivity index is 2.77. The number of nitrogens with zero attached hydrogens (tertiary/aromatic N) is 1. The van der Waals surface area contributed by atoms with Gasteiger partial charge in [-0.1, -0.05) is 20.3 Å². The van der Waals surface area contributed by atoms with Crippen LogP contribution in [-0.2, 0) is 14.3 Å². The standard InChI is InChI=1S/C16H29N3O4/c1-6-10(2)12(13(17)20)18-14(21)11-8-7-9-19(11)15(22)23-16(3,4)5/h10-12H,6-9H2,1-5H3,(H2,17,20)(H,18,21)/t10-,11+,12-/m0/s1. The highest BCUT2D eigenvalue weighted by molar-refractivity contribution is 5.91. The molecule has 0 saturated carbocycles. The van der Waals surface area contributed by atoms with E-state index in [1.807, 2.05) is 13.8 Å². The first-order valence-electron chi connectivity index (χ1n) is 8.16. The molecule has 0 radical (unpaired) electrons. The van der Waals surface area contributed by atoms with E-state index in [9.17, 15) is 14.4 Å². The minimum atomic E-state index is -0.728. The number of rotatable bonds is 5. The van der Waals surface area contributed by atoms with Crippen molar-refractivity contribution in [3.05, 3.63) is 0 Å². The van der Waals surface area contributed by atoms with Gasteiger partial charge in [0.15, 0.2) is 0 Å². The van der Waals surface area contributed by atoms with Crippen LogP contribution in [0.5, 0.6) is 0 Å². The molecule has 3 atom stereocenters. The van der Waals surface area contributed by atoms with E-state index in [1.165, 1.54) is 4.90 Å². The minimum Gasteiger partial charge on any atom is -0.444 e. The van der Waals surface area contributed by atoms with Crippen LogP contribution in [0.4, 0.5) is 4.79 Å². The van der Waals surface area contributed by atoms with E-state index in [-0.39, 0.29) is 11.8 Å². The van der Waals surface area contributed by atoms with E-state index >= 15 is 0 Å². The predicted molar refractivity (Wildman–Crippen MR) is 86.5 cm³/mol. The molecule has 1 fully saturated rings. The molecule has 3 amide bonds. The number of nitrogens with one attached hydrogen (secondary N) is 1. The highest BCUT2D eigenvalue weighted by atomic mass is 16.6. The Morgan fingerprint density at radius 1 is 1.35 bits per heavy atom. The lowest BCUT2D eigenvalue weighted by molar-refractivity contribution is -0.131. The molecule has 1 rings (SSSR count). The van der Waals surface area contributed by atoms with Gasteiger partial charge in [-0.15, -0.1) is 0 Å². The summed E-state index contributed by atoms with van der Waals surface area (Å²) in [5.74, 6) is -0.972. The van der Waals surface area contributed by atoms with Gasteiger partial charge in [0.25, 0.3) is 0 Å². The number of amides is 3. The smallest absolute Gasteiger partial charge is 0.410 e. The van der Waals surface area contributed by atoms with Crippen molar-refractivity contribution in [1.29, 1.82) is 0 Å². The highest BCUT2D eigenvalue weighted by Crippen LogP contribution is 2.21. The van der Waals surface area contributed by atoms with Crippen LogP contribution in [0.15, 0.2) is 0 Å². The Labute approximate surface area is 137 Å². The van der Waals surface area contributed by atoms with E-state index in [1.54, 1.807) is 20.8 Å². The van der Waals surface area contributed by atoms with Gasteiger partial charge in [0.2, 0.25) is 11.8 Å². The first-order valence-corrected chi connectivity index (χ1v) is 8.16. The number of primary amides is 1. The first-order chi connectivity index (χ1) is 10.6. The molecule has 0 aliphatic carbocycles. The molecular formula is C16H29N3O4. The maximum Gasteiger partial charge on any atom is 0.410 e. The molecule has 1 aliphatic heterocycles. The largest absolute Gasteiger partial charge is 0.444 e. The van der Waals surface area contributed by atoms with Crippen molar-refractivity contribution in [2.75, 3.05) is 6.54 Å². The van der Waals surface area contributed by atoms with Crippen molar-refractivity contribution >= 4 is 17.9 Å². The van der Waals surface area contributed by atoms with Crippen LogP contribution in [-0.4, -0.2) is 47.0 Å². The van der Waals surface area contributed by atoms with Crippen molar-refractivity contribution in [3.8, 4) is 0 Å². The lowest BCUT2D eigenvalue weighted by atomic mass is 9.98. The van der Waals surface area contributed by atoms with Crippen LogP contribution in [0.1, 0.15) is 53.9 Å². The zero-order valence-electron chi connectivity index (χ0n) is 14.7. The van der Waals surface area contributed by atoms with Crippen molar-refractivity contribution in [2.24, 2.45) is 11.7 Å². The van der Waals surface area contributed by atoms with Crippen molar-refractivity contribution in [1.82, 2.24) is 10.2 Å². The number of hydrogen-bond donors (Lipinski definition) is 2. The van der Waals surface area contributed by atoms with Crippen molar-refractivity contribution in [2.45, 2.75) is 71.6 Å². The summed E-state index contributed by atoms with van der Waals surface area (Å²) in [6, 6.07) is -1.34. The SMILES string of the molecule is CC[C@H](C)[C@H](NC(=O)[C@H]1CCCN1C(=O)OC(C)(C)C)C(N)=O. The molecule has 132 valence electrons. The van der Waals surface area contributed by atoms with Gasteiger partial charge >= 0.3 is 6.09 Å². The average Bonchev–Trinajstić information content (AvgIpc) is 2.91. The molecule has 0 bridgehead atoms. The van der Waals surface area contributed by atoms with Gasteiger partial charge in [-0.3, -0.25) is 14.5 Å². The predicted octanol–water partition coefficient (Wildman–Crippen LogP) is 1.40. The zero-order chi connectivity index (χ0) is 17.8. The third-order valence-corrected chi connectivity index (χ3v) is 4.00. The van der Waals surface area contributed by atoms with E-state index in [0.717, 1.165) is 6.42 Å². The molecule has 0 aromatic carbocycles. The Morgan fingerprint density at radius 2 is 1.96 bits per heavy atom. The fourth-order valence-corrected chi connectivity index (χ4v) is 2.56. The normalized spacial score (nSPS) is 20.7. The molecule has 1 saturated heterocycles. The Morgan fingerprint density at radius 3 is 2.43 bits per heavy atom. The van der Waals surface area contributed by atoms with Crippen molar-refractivity contribution < 1.29 is 19.1 Å². The lowest BCUT2D eigenvalue weighted by Gasteiger charge is -2.29. The minimum absolute atomic E-state index is 0.0622. The Hall–Kier alpha value is -1.79. The van der Waals surface area contributed by atoms with Gasteiger partial charge < -0.3 is 15.8 Å². The lowest BCUT2D eigenvalue weighted by Crippen LogP contribution is -2.54. The number of carbonyl (C=O) groups excluding carboxylic acids is 3. The van der Waals surface area contributed by atoms with Gasteiger partial charge in [-0.2, -0.15) is 0 Å². The summed E-state index contributed by atoms with van der Waals surface area (Å²) in [6.45, 7) is 9.59. The summed E-state index contributed by atoms with van der Waals surface area (Å²) in [5.41, 5.74) is 4.76. The molecule has 0 aromatic heterocycles. The summed E-state index contributed by atoms with van der Waals surface area (Å²) in [4.78, 5) is 37.7. The summed E-state index contributed by atoms with van der Waals surface area (Å²) < 4.78 is 5.34. The Bertz CT molecular complexity index is 459. The topological polar surface area (TPSA) is 102 Å². The maximum absolute atomic E-state index is 12.5. The second-order valence-electron chi connectivity index (χ2n) is 7.11. The van der Waals surface area contributed by atoms with Gasteiger partial charge in [-0.25, -0.2) is 4.79 Å². The van der Waals surface area contributed by atoms with Crippen LogP contribution in [0.2, 0.25) is 0 Å². The third kappa shape index (κ3) is 5.41. The van der Waals surface area contributed by atoms with Crippen LogP contribution in [0.25, 0.3) is 0 Å². The summed E-state index contributed by atoms with van der Waals surface area (Å²) in [7, 11) is 0. The molecule has 1 heterocycles. The summed E-state index contributed by atoms with van der Waals surface area (Å²) in [5, 5.41) is 2.69. The molecule has 7 nitrogen and oxygen atoms in total. The maximum atomic E-state index is 12.5. The van der Waals surface area contributed by atoms with Gasteiger partial charge in [0.05, 0.1) is 0 Å². The van der Waals surface area contributed by atoms with E-state index < -0.39 is 29.7 Å². The molecule has 0 unspecified atom stereocenters. The number of hydrogen-bond acceptors (Lipinski definition) is 4. The van der Waals surface area contributed by atoms with Gasteiger partial charge in [0, 0.05) is 6.54 Å². The fraction of sp³-hybridized carbons (Fsp3) is 0.812. The molecule has 23 heavy (non-hydrogen) atoms. The van der Waals surface area contributed by atoms with Crippen LogP contribution in [0.3, 0.4) is 0 Å². The zero-order valence-corrected chi connectivity index (χ0v) is 14.7. The number of nitrogens with two attached hydrogens (primary N) is 1. The monoisotopic (exact) mass is 327 g/mol. The molecule has 0 spiro atoms. The third-order valence-electron chi connectivity index (χ3n) is 4.00. The molecule has 0 aromatic rings. The number of likely N-dealkylation sites (tertiary alicyclic amines) is 1. The molecule has 7 heteroatoms. The highest BCUT2D eigenvalue weighted by Gasteiger charge is 2.38. The van der Waals surface area contributed by atoms with Gasteiger partial charge in [0.1, 0.15) is 17.7 Å². The molecular weight excluding hydrogens is 298 g/mol. The van der Waals surface area contributed by atoms with Crippen molar-refractivity contribution in [3.63, 3.8) is 0 Å². The van der Waals surface area contributed by atoms with Crippen LogP contribution >= 0.6 is 0 Å². The number of ether oxygens (including phenoxy) is 1. The summed E-state index contributed by atoms with van der Waals surface area (Å²) >= 11 is 0. The van der Waals surface area contributed by atoms with E-state index in [4.69, 9.17) is 10.5 Å². The average molecular weight is 327 g/mol. The first kappa shape index (κ1) is 19.3. The quantitative estimate of drug-likeness (QED) is 0.797. The van der Waals surface area contributed by atoms with Crippen LogP contribution in [0, 0.1) is 5.92 Å². The fourth-order valence-electron chi connectivity index (χ4n) is 2.56. The molecule has 1 aliphatic rings. The second kappa shape index (κ2) is 7.66.